The fourth-order valence-electron chi connectivity index (χ4n) is 2.92. The van der Waals surface area contributed by atoms with Gasteiger partial charge in [-0.1, -0.05) is 18.2 Å². The molecule has 7 heteroatoms. The van der Waals surface area contributed by atoms with Gasteiger partial charge in [-0.3, -0.25) is 9.52 Å². The molecule has 2 aromatic rings. The van der Waals surface area contributed by atoms with Gasteiger partial charge in [-0.05, 0) is 62.2 Å². The third-order valence-corrected chi connectivity index (χ3v) is 5.83. The first-order valence-corrected chi connectivity index (χ1v) is 10.1. The topological polar surface area (TPSA) is 87.3 Å². The van der Waals surface area contributed by atoms with Gasteiger partial charge < -0.3 is 10.6 Å². The Kier molecular flexibility index (Phi) is 5.58. The third kappa shape index (κ3) is 4.42. The van der Waals surface area contributed by atoms with E-state index in [1.165, 1.54) is 24.3 Å². The van der Waals surface area contributed by atoms with Crippen LogP contribution in [0.1, 0.15) is 28.8 Å². The minimum absolute atomic E-state index is 0.113. The number of anilines is 1. The summed E-state index contributed by atoms with van der Waals surface area (Å²) >= 11 is 0. The molecule has 0 spiro atoms. The van der Waals surface area contributed by atoms with Crippen LogP contribution < -0.4 is 15.4 Å². The minimum atomic E-state index is -3.70. The zero-order valence-corrected chi connectivity index (χ0v) is 15.5. The van der Waals surface area contributed by atoms with Crippen molar-refractivity contribution in [1.29, 1.82) is 0 Å². The Hall–Kier alpha value is -2.38. The standard InChI is InChI=1S/C19H23N3O3S/c1-14-5-2-3-7-18(14)22-26(24,25)17-10-8-15(9-11-17)19(23)21-16-6-4-12-20-13-16/h2-3,5,7-11,16,20,22H,4,6,12-13H2,1H3,(H,21,23)/t16-/m0/s1. The highest BCUT2D eigenvalue weighted by atomic mass is 32.2. The minimum Gasteiger partial charge on any atom is -0.348 e. The molecule has 2 aromatic carbocycles. The van der Waals surface area contributed by atoms with Crippen LogP contribution in [0.4, 0.5) is 5.69 Å². The van der Waals surface area contributed by atoms with Gasteiger partial charge in [0.2, 0.25) is 0 Å². The van der Waals surface area contributed by atoms with E-state index in [1.54, 1.807) is 12.1 Å². The first-order chi connectivity index (χ1) is 12.5. The van der Waals surface area contributed by atoms with Crippen LogP contribution in [-0.4, -0.2) is 33.5 Å². The molecule has 0 bridgehead atoms. The van der Waals surface area contributed by atoms with E-state index in [2.05, 4.69) is 15.4 Å². The highest BCUT2D eigenvalue weighted by Gasteiger charge is 2.18. The van der Waals surface area contributed by atoms with Crippen LogP contribution in [0.5, 0.6) is 0 Å². The Morgan fingerprint density at radius 1 is 1.12 bits per heavy atom. The number of piperidine rings is 1. The van der Waals surface area contributed by atoms with E-state index in [0.717, 1.165) is 31.5 Å². The maximum Gasteiger partial charge on any atom is 0.261 e. The van der Waals surface area contributed by atoms with Crippen molar-refractivity contribution in [1.82, 2.24) is 10.6 Å². The zero-order chi connectivity index (χ0) is 18.6. The highest BCUT2D eigenvalue weighted by molar-refractivity contribution is 7.92. The molecule has 3 rings (SSSR count). The molecule has 0 aromatic heterocycles. The number of nitrogens with one attached hydrogen (secondary N) is 3. The van der Waals surface area contributed by atoms with Gasteiger partial charge in [-0.2, -0.15) is 0 Å². The molecule has 1 saturated heterocycles. The van der Waals surface area contributed by atoms with Crippen molar-refractivity contribution >= 4 is 21.6 Å². The van der Waals surface area contributed by atoms with Crippen molar-refractivity contribution in [3.05, 3.63) is 59.7 Å². The molecule has 0 unspecified atom stereocenters. The van der Waals surface area contributed by atoms with Gasteiger partial charge in [0.15, 0.2) is 0 Å². The normalized spacial score (nSPS) is 17.5. The van der Waals surface area contributed by atoms with E-state index >= 15 is 0 Å². The van der Waals surface area contributed by atoms with E-state index in [9.17, 15) is 13.2 Å². The average molecular weight is 373 g/mol. The van der Waals surface area contributed by atoms with E-state index in [-0.39, 0.29) is 16.8 Å². The first-order valence-electron chi connectivity index (χ1n) is 8.66. The molecule has 1 aliphatic heterocycles. The van der Waals surface area contributed by atoms with Crippen LogP contribution in [0, 0.1) is 6.92 Å². The molecule has 0 aliphatic carbocycles. The Morgan fingerprint density at radius 2 is 1.85 bits per heavy atom. The lowest BCUT2D eigenvalue weighted by Gasteiger charge is -2.23. The lowest BCUT2D eigenvalue weighted by atomic mass is 10.1. The van der Waals surface area contributed by atoms with Gasteiger partial charge in [0.1, 0.15) is 0 Å². The predicted molar refractivity (Wildman–Crippen MR) is 102 cm³/mol. The van der Waals surface area contributed by atoms with Crippen molar-refractivity contribution in [2.24, 2.45) is 0 Å². The van der Waals surface area contributed by atoms with Crippen LogP contribution in [0.3, 0.4) is 0 Å². The van der Waals surface area contributed by atoms with Gasteiger partial charge in [0.25, 0.3) is 15.9 Å². The monoisotopic (exact) mass is 373 g/mol. The summed E-state index contributed by atoms with van der Waals surface area (Å²) < 4.78 is 27.6. The van der Waals surface area contributed by atoms with Crippen molar-refractivity contribution in [3.63, 3.8) is 0 Å². The van der Waals surface area contributed by atoms with E-state index in [1.807, 2.05) is 19.1 Å². The first kappa shape index (κ1) is 18.4. The number of carbonyl (C=O) groups is 1. The molecular formula is C19H23N3O3S. The Bertz CT molecular complexity index is 873. The summed E-state index contributed by atoms with van der Waals surface area (Å²) in [5.41, 5.74) is 1.83. The van der Waals surface area contributed by atoms with Crippen LogP contribution in [0.15, 0.2) is 53.4 Å². The van der Waals surface area contributed by atoms with Crippen LogP contribution in [-0.2, 0) is 10.0 Å². The Morgan fingerprint density at radius 3 is 2.50 bits per heavy atom. The summed E-state index contributed by atoms with van der Waals surface area (Å²) in [5, 5.41) is 6.22. The van der Waals surface area contributed by atoms with Crippen LogP contribution >= 0.6 is 0 Å². The number of hydrogen-bond donors (Lipinski definition) is 3. The molecule has 0 radical (unpaired) electrons. The van der Waals surface area contributed by atoms with Gasteiger partial charge in [-0.15, -0.1) is 0 Å². The number of benzene rings is 2. The largest absolute Gasteiger partial charge is 0.348 e. The maximum atomic E-state index is 12.5. The second-order valence-corrected chi connectivity index (χ2v) is 8.14. The fourth-order valence-corrected chi connectivity index (χ4v) is 4.05. The van der Waals surface area contributed by atoms with Crippen LogP contribution in [0.2, 0.25) is 0 Å². The second-order valence-electron chi connectivity index (χ2n) is 6.46. The van der Waals surface area contributed by atoms with Crippen LogP contribution in [0.25, 0.3) is 0 Å². The third-order valence-electron chi connectivity index (χ3n) is 4.45. The van der Waals surface area contributed by atoms with E-state index in [4.69, 9.17) is 0 Å². The summed E-state index contributed by atoms with van der Waals surface area (Å²) in [6.07, 6.45) is 1.98. The number of sulfonamides is 1. The van der Waals surface area contributed by atoms with Gasteiger partial charge in [0.05, 0.1) is 10.6 Å². The van der Waals surface area contributed by atoms with Crippen molar-refractivity contribution < 1.29 is 13.2 Å². The molecule has 6 nitrogen and oxygen atoms in total. The lowest BCUT2D eigenvalue weighted by molar-refractivity contribution is 0.0930. The summed E-state index contributed by atoms with van der Waals surface area (Å²) in [4.78, 5) is 12.4. The summed E-state index contributed by atoms with van der Waals surface area (Å²) in [6, 6.07) is 13.3. The fraction of sp³-hybridized carbons (Fsp3) is 0.316. The Labute approximate surface area is 154 Å². The number of para-hydroxylation sites is 1. The predicted octanol–water partition coefficient (Wildman–Crippen LogP) is 2.28. The number of aryl methyl sites for hydroxylation is 1. The molecule has 1 aliphatic rings. The van der Waals surface area contributed by atoms with Gasteiger partial charge in [0, 0.05) is 18.2 Å². The molecule has 1 amide bonds. The number of rotatable bonds is 5. The second kappa shape index (κ2) is 7.88. The van der Waals surface area contributed by atoms with Gasteiger partial charge in [-0.25, -0.2) is 8.42 Å². The maximum absolute atomic E-state index is 12.5. The number of carbonyl (C=O) groups excluding carboxylic acids is 1. The van der Waals surface area contributed by atoms with Crippen molar-refractivity contribution in [2.75, 3.05) is 17.8 Å². The molecule has 3 N–H and O–H groups in total. The number of amides is 1. The molecule has 1 heterocycles. The zero-order valence-electron chi connectivity index (χ0n) is 14.7. The average Bonchev–Trinajstić information content (AvgIpc) is 2.64. The highest BCUT2D eigenvalue weighted by Crippen LogP contribution is 2.19. The lowest BCUT2D eigenvalue weighted by Crippen LogP contribution is -2.45. The molecule has 1 fully saturated rings. The molecule has 1 atom stereocenters. The SMILES string of the molecule is Cc1ccccc1NS(=O)(=O)c1ccc(C(=O)N[C@H]2CCCNC2)cc1. The summed E-state index contributed by atoms with van der Waals surface area (Å²) in [5.74, 6) is -0.186. The summed E-state index contributed by atoms with van der Waals surface area (Å²) in [6.45, 7) is 3.58. The quantitative estimate of drug-likeness (QED) is 0.750. The molecule has 0 saturated carbocycles. The van der Waals surface area contributed by atoms with E-state index in [0.29, 0.717) is 11.3 Å². The van der Waals surface area contributed by atoms with Gasteiger partial charge >= 0.3 is 0 Å². The van der Waals surface area contributed by atoms with Crippen molar-refractivity contribution in [3.8, 4) is 0 Å². The smallest absolute Gasteiger partial charge is 0.261 e. The molecular weight excluding hydrogens is 350 g/mol. The summed E-state index contributed by atoms with van der Waals surface area (Å²) in [7, 11) is -3.70. The van der Waals surface area contributed by atoms with Crippen molar-refractivity contribution in [2.45, 2.75) is 30.7 Å². The Balaban J connectivity index is 1.70. The number of hydrogen-bond acceptors (Lipinski definition) is 4. The molecule has 138 valence electrons. The van der Waals surface area contributed by atoms with E-state index < -0.39 is 10.0 Å². The molecule has 26 heavy (non-hydrogen) atoms.